The standard InChI is InChI=1S/C29H40N4O6/c1-17(2)14-22(30)26(35)31-23(16-20-10-12-21(34)13-11-20)27(36)32-24(15-19-8-6-5-7-9-19)28(37)33-25(18(3)4)29(38)39/h5-13,17-18,22-25,34H,14-16,30H2,1-4H3,(H,31,35)(H,32,36)(H,33,37)(H,38,39). The molecule has 0 fully saturated rings. The van der Waals surface area contributed by atoms with Gasteiger partial charge in [0.05, 0.1) is 6.04 Å². The number of carbonyl (C=O) groups excluding carboxylic acids is 3. The Kier molecular flexibility index (Phi) is 11.9. The normalized spacial score (nSPS) is 14.2. The molecule has 2 aromatic rings. The molecule has 0 radical (unpaired) electrons. The highest BCUT2D eigenvalue weighted by molar-refractivity contribution is 5.94. The number of amides is 3. The average Bonchev–Trinajstić information content (AvgIpc) is 2.87. The smallest absolute Gasteiger partial charge is 0.326 e. The predicted octanol–water partition coefficient (Wildman–Crippen LogP) is 1.75. The van der Waals surface area contributed by atoms with Gasteiger partial charge in [-0.25, -0.2) is 4.79 Å². The molecule has 4 unspecified atom stereocenters. The molecule has 3 amide bonds. The first-order chi connectivity index (χ1) is 18.4. The third-order valence-corrected chi connectivity index (χ3v) is 6.22. The van der Waals surface area contributed by atoms with Gasteiger partial charge in [0.2, 0.25) is 17.7 Å². The Morgan fingerprint density at radius 1 is 0.744 bits per heavy atom. The van der Waals surface area contributed by atoms with E-state index in [2.05, 4.69) is 16.0 Å². The molecule has 212 valence electrons. The number of nitrogens with one attached hydrogen (secondary N) is 3. The van der Waals surface area contributed by atoms with Crippen LogP contribution < -0.4 is 21.7 Å². The van der Waals surface area contributed by atoms with Crippen LogP contribution in [0.2, 0.25) is 0 Å². The van der Waals surface area contributed by atoms with E-state index >= 15 is 0 Å². The van der Waals surface area contributed by atoms with Crippen molar-refractivity contribution in [3.63, 3.8) is 0 Å². The SMILES string of the molecule is CC(C)CC(N)C(=O)NC(Cc1ccc(O)cc1)C(=O)NC(Cc1ccccc1)C(=O)NC(C(=O)O)C(C)C. The first kappa shape index (κ1) is 31.3. The van der Waals surface area contributed by atoms with Gasteiger partial charge in [0.25, 0.3) is 0 Å². The van der Waals surface area contributed by atoms with Crippen LogP contribution in [0.25, 0.3) is 0 Å². The van der Waals surface area contributed by atoms with E-state index in [1.807, 2.05) is 19.9 Å². The number of carboxylic acid groups (broad SMARTS) is 1. The summed E-state index contributed by atoms with van der Waals surface area (Å²) in [5, 5.41) is 27.1. The maximum Gasteiger partial charge on any atom is 0.326 e. The third kappa shape index (κ3) is 10.4. The van der Waals surface area contributed by atoms with Crippen molar-refractivity contribution in [3.05, 3.63) is 65.7 Å². The third-order valence-electron chi connectivity index (χ3n) is 6.22. The number of hydrogen-bond donors (Lipinski definition) is 6. The molecule has 2 aromatic carbocycles. The molecule has 0 bridgehead atoms. The van der Waals surface area contributed by atoms with Gasteiger partial charge in [-0.05, 0) is 41.5 Å². The Labute approximate surface area is 229 Å². The second-order valence-corrected chi connectivity index (χ2v) is 10.5. The van der Waals surface area contributed by atoms with E-state index in [1.54, 1.807) is 50.2 Å². The number of benzene rings is 2. The molecule has 0 heterocycles. The second-order valence-electron chi connectivity index (χ2n) is 10.5. The molecular formula is C29H40N4O6. The van der Waals surface area contributed by atoms with Crippen molar-refractivity contribution < 1.29 is 29.4 Å². The molecule has 10 heteroatoms. The largest absolute Gasteiger partial charge is 0.508 e. The highest BCUT2D eigenvalue weighted by Crippen LogP contribution is 2.13. The van der Waals surface area contributed by atoms with E-state index < -0.39 is 47.9 Å². The average molecular weight is 541 g/mol. The number of phenolic OH excluding ortho intramolecular Hbond substituents is 1. The first-order valence-corrected chi connectivity index (χ1v) is 13.1. The van der Waals surface area contributed by atoms with E-state index in [1.165, 1.54) is 12.1 Å². The number of nitrogens with two attached hydrogens (primary N) is 1. The number of aromatic hydroxyl groups is 1. The topological polar surface area (TPSA) is 171 Å². The summed E-state index contributed by atoms with van der Waals surface area (Å²) < 4.78 is 0. The van der Waals surface area contributed by atoms with Crippen molar-refractivity contribution in [2.75, 3.05) is 0 Å². The van der Waals surface area contributed by atoms with Gasteiger partial charge >= 0.3 is 5.97 Å². The molecule has 39 heavy (non-hydrogen) atoms. The van der Waals surface area contributed by atoms with Gasteiger partial charge in [0.15, 0.2) is 0 Å². The van der Waals surface area contributed by atoms with Crippen LogP contribution in [-0.2, 0) is 32.0 Å². The Balaban J connectivity index is 2.32. The number of rotatable bonds is 14. The summed E-state index contributed by atoms with van der Waals surface area (Å²) in [7, 11) is 0. The molecule has 0 spiro atoms. The minimum Gasteiger partial charge on any atom is -0.508 e. The minimum absolute atomic E-state index is 0.0560. The van der Waals surface area contributed by atoms with Gasteiger partial charge < -0.3 is 31.9 Å². The Morgan fingerprint density at radius 2 is 1.23 bits per heavy atom. The van der Waals surface area contributed by atoms with Crippen LogP contribution in [0.15, 0.2) is 54.6 Å². The van der Waals surface area contributed by atoms with Crippen molar-refractivity contribution in [1.82, 2.24) is 16.0 Å². The van der Waals surface area contributed by atoms with Gasteiger partial charge in [0, 0.05) is 12.8 Å². The predicted molar refractivity (Wildman–Crippen MR) is 148 cm³/mol. The van der Waals surface area contributed by atoms with E-state index in [0.717, 1.165) is 5.56 Å². The Hall–Kier alpha value is -3.92. The van der Waals surface area contributed by atoms with Crippen LogP contribution >= 0.6 is 0 Å². The molecular weight excluding hydrogens is 500 g/mol. The van der Waals surface area contributed by atoms with Gasteiger partial charge in [-0.2, -0.15) is 0 Å². The van der Waals surface area contributed by atoms with Gasteiger partial charge in [-0.3, -0.25) is 14.4 Å². The van der Waals surface area contributed by atoms with Crippen molar-refractivity contribution in [2.24, 2.45) is 17.6 Å². The molecule has 7 N–H and O–H groups in total. The lowest BCUT2D eigenvalue weighted by molar-refractivity contribution is -0.143. The Morgan fingerprint density at radius 3 is 1.72 bits per heavy atom. The summed E-state index contributed by atoms with van der Waals surface area (Å²) in [6.45, 7) is 7.21. The van der Waals surface area contributed by atoms with Crippen molar-refractivity contribution >= 4 is 23.7 Å². The number of carbonyl (C=O) groups is 4. The van der Waals surface area contributed by atoms with Gasteiger partial charge in [0.1, 0.15) is 23.9 Å². The van der Waals surface area contributed by atoms with Crippen LogP contribution in [0.4, 0.5) is 0 Å². The molecule has 0 aliphatic heterocycles. The maximum atomic E-state index is 13.5. The zero-order chi connectivity index (χ0) is 29.1. The zero-order valence-corrected chi connectivity index (χ0v) is 22.9. The van der Waals surface area contributed by atoms with Gasteiger partial charge in [-0.1, -0.05) is 70.2 Å². The van der Waals surface area contributed by atoms with Gasteiger partial charge in [-0.15, -0.1) is 0 Å². The fourth-order valence-electron chi connectivity index (χ4n) is 4.07. The maximum absolute atomic E-state index is 13.5. The summed E-state index contributed by atoms with van der Waals surface area (Å²) in [4.78, 5) is 51.3. The molecule has 0 saturated heterocycles. The van der Waals surface area contributed by atoms with E-state index in [4.69, 9.17) is 5.73 Å². The number of carboxylic acids is 1. The number of phenols is 1. The summed E-state index contributed by atoms with van der Waals surface area (Å²) in [5.74, 6) is -3.13. The number of aliphatic carboxylic acids is 1. The van der Waals surface area contributed by atoms with Crippen molar-refractivity contribution in [2.45, 2.75) is 71.1 Å². The van der Waals surface area contributed by atoms with Crippen molar-refractivity contribution in [3.8, 4) is 5.75 Å². The van der Waals surface area contributed by atoms with E-state index in [0.29, 0.717) is 12.0 Å². The quantitative estimate of drug-likeness (QED) is 0.212. The lowest BCUT2D eigenvalue weighted by Gasteiger charge is -2.26. The fourth-order valence-corrected chi connectivity index (χ4v) is 4.07. The monoisotopic (exact) mass is 540 g/mol. The van der Waals surface area contributed by atoms with Crippen LogP contribution in [0.5, 0.6) is 5.75 Å². The summed E-state index contributed by atoms with van der Waals surface area (Å²) >= 11 is 0. The highest BCUT2D eigenvalue weighted by atomic mass is 16.4. The Bertz CT molecular complexity index is 1100. The number of hydrogen-bond acceptors (Lipinski definition) is 6. The molecule has 4 atom stereocenters. The first-order valence-electron chi connectivity index (χ1n) is 13.1. The van der Waals surface area contributed by atoms with Crippen LogP contribution in [0, 0.1) is 11.8 Å². The molecule has 2 rings (SSSR count). The van der Waals surface area contributed by atoms with E-state index in [-0.39, 0.29) is 30.4 Å². The van der Waals surface area contributed by atoms with Crippen LogP contribution in [-0.4, -0.2) is 58.1 Å². The summed E-state index contributed by atoms with van der Waals surface area (Å²) in [6.07, 6.45) is 0.607. The molecule has 10 nitrogen and oxygen atoms in total. The summed E-state index contributed by atoms with van der Waals surface area (Å²) in [6, 6.07) is 11.0. The van der Waals surface area contributed by atoms with Crippen LogP contribution in [0.3, 0.4) is 0 Å². The summed E-state index contributed by atoms with van der Waals surface area (Å²) in [5.41, 5.74) is 7.47. The van der Waals surface area contributed by atoms with Crippen molar-refractivity contribution in [1.29, 1.82) is 0 Å². The highest BCUT2D eigenvalue weighted by Gasteiger charge is 2.31. The minimum atomic E-state index is -1.18. The lowest BCUT2D eigenvalue weighted by Crippen LogP contribution is -2.58. The molecule has 0 saturated carbocycles. The zero-order valence-electron chi connectivity index (χ0n) is 22.9. The lowest BCUT2D eigenvalue weighted by atomic mass is 10.00. The van der Waals surface area contributed by atoms with Crippen LogP contribution in [0.1, 0.15) is 45.2 Å². The fraction of sp³-hybridized carbons (Fsp3) is 0.448. The molecule has 0 aliphatic carbocycles. The molecule has 0 aliphatic rings. The van der Waals surface area contributed by atoms with E-state index in [9.17, 15) is 29.4 Å². The second kappa shape index (κ2) is 14.9. The molecule has 0 aromatic heterocycles.